The Balaban J connectivity index is 1.36. The van der Waals surface area contributed by atoms with Gasteiger partial charge < -0.3 is 10.6 Å². The van der Waals surface area contributed by atoms with Crippen molar-refractivity contribution in [1.82, 2.24) is 10.6 Å². The van der Waals surface area contributed by atoms with Crippen LogP contribution >= 0.6 is 0 Å². The summed E-state index contributed by atoms with van der Waals surface area (Å²) in [6, 6.07) is 8.03. The minimum Gasteiger partial charge on any atom is -0.356 e. The Morgan fingerprint density at radius 3 is 2.56 bits per heavy atom. The van der Waals surface area contributed by atoms with Gasteiger partial charge >= 0.3 is 0 Å². The zero-order valence-corrected chi connectivity index (χ0v) is 15.0. The molecule has 0 spiro atoms. The number of aryl methyl sites for hydroxylation is 1. The monoisotopic (exact) mass is 340 g/mol. The summed E-state index contributed by atoms with van der Waals surface area (Å²) in [5.41, 5.74) is 3.76. The zero-order valence-electron chi connectivity index (χ0n) is 15.0. The molecule has 1 aromatic carbocycles. The predicted octanol–water partition coefficient (Wildman–Crippen LogP) is 3.25. The topological polar surface area (TPSA) is 58.2 Å². The molecule has 2 aliphatic rings. The van der Waals surface area contributed by atoms with Gasteiger partial charge in [-0.25, -0.2) is 0 Å². The summed E-state index contributed by atoms with van der Waals surface area (Å²) in [6.45, 7) is 3.26. The maximum Gasteiger partial charge on any atom is 0.224 e. The molecule has 1 saturated carbocycles. The van der Waals surface area contributed by atoms with Crippen LogP contribution in [0.2, 0.25) is 0 Å². The Hall–Kier alpha value is -2.10. The van der Waals surface area contributed by atoms with E-state index in [0.29, 0.717) is 19.5 Å². The van der Waals surface area contributed by atoms with Gasteiger partial charge in [-0.05, 0) is 56.6 Å². The summed E-state index contributed by atoms with van der Waals surface area (Å²) in [5, 5.41) is 5.97. The molecule has 1 aromatic rings. The third-order valence-corrected chi connectivity index (χ3v) is 5.31. The van der Waals surface area contributed by atoms with Crippen molar-refractivity contribution in [3.63, 3.8) is 0 Å². The molecule has 2 unspecified atom stereocenters. The molecule has 0 aromatic heterocycles. The van der Waals surface area contributed by atoms with Gasteiger partial charge in [-0.3, -0.25) is 9.59 Å². The number of amides is 2. The van der Waals surface area contributed by atoms with Crippen LogP contribution < -0.4 is 10.6 Å². The van der Waals surface area contributed by atoms with Gasteiger partial charge in [-0.15, -0.1) is 0 Å². The molecule has 134 valence electrons. The number of carbonyl (C=O) groups excluding carboxylic acids is 2. The number of benzene rings is 1. The van der Waals surface area contributed by atoms with E-state index in [1.165, 1.54) is 36.8 Å². The molecule has 3 rings (SSSR count). The molecule has 4 nitrogen and oxygen atoms in total. The molecule has 0 heterocycles. The normalized spacial score (nSPS) is 22.0. The smallest absolute Gasteiger partial charge is 0.224 e. The molecule has 2 amide bonds. The molecule has 0 aliphatic heterocycles. The highest BCUT2D eigenvalue weighted by Crippen LogP contribution is 2.38. The summed E-state index contributed by atoms with van der Waals surface area (Å²) in [4.78, 5) is 24.4. The van der Waals surface area contributed by atoms with E-state index in [-0.39, 0.29) is 23.7 Å². The fourth-order valence-electron chi connectivity index (χ4n) is 3.51. The summed E-state index contributed by atoms with van der Waals surface area (Å²) in [7, 11) is 0. The second-order valence-electron chi connectivity index (χ2n) is 7.24. The molecule has 2 N–H and O–H groups in total. The number of rotatable bonds is 7. The van der Waals surface area contributed by atoms with Crippen LogP contribution in [0.25, 0.3) is 0 Å². The lowest BCUT2D eigenvalue weighted by atomic mass is 9.97. The van der Waals surface area contributed by atoms with E-state index >= 15 is 0 Å². The average molecular weight is 340 g/mol. The van der Waals surface area contributed by atoms with E-state index in [0.717, 1.165) is 12.0 Å². The molecule has 2 atom stereocenters. The quantitative estimate of drug-likeness (QED) is 0.749. The molecule has 4 heteroatoms. The molecule has 1 fully saturated rings. The molecular weight excluding hydrogens is 312 g/mol. The average Bonchev–Trinajstić information content (AvgIpc) is 3.43. The van der Waals surface area contributed by atoms with Gasteiger partial charge in [-0.2, -0.15) is 0 Å². The van der Waals surface area contributed by atoms with Crippen LogP contribution in [0.5, 0.6) is 0 Å². The fraction of sp³-hybridized carbons (Fsp3) is 0.524. The third kappa shape index (κ3) is 4.94. The molecule has 25 heavy (non-hydrogen) atoms. The minimum absolute atomic E-state index is 0.00149. The van der Waals surface area contributed by atoms with Crippen LogP contribution in [0.15, 0.2) is 35.9 Å². The van der Waals surface area contributed by atoms with Crippen molar-refractivity contribution >= 4 is 11.8 Å². The number of hydrogen-bond donors (Lipinski definition) is 2. The summed E-state index contributed by atoms with van der Waals surface area (Å²) < 4.78 is 0. The van der Waals surface area contributed by atoms with E-state index in [2.05, 4.69) is 16.7 Å². The third-order valence-electron chi connectivity index (χ3n) is 5.31. The van der Waals surface area contributed by atoms with Gasteiger partial charge in [0, 0.05) is 13.1 Å². The fourth-order valence-corrected chi connectivity index (χ4v) is 3.51. The standard InChI is InChI=1S/C21H28N2O2/c1-15-7-5-6-10-17(15)14-23-21(25)19-13-18(19)20(24)22-12-11-16-8-3-2-4-9-16/h5-8,10,18-19H,2-4,9,11-14H2,1H3,(H,22,24)(H,23,25). The lowest BCUT2D eigenvalue weighted by Crippen LogP contribution is -2.30. The maximum absolute atomic E-state index is 12.2. The van der Waals surface area contributed by atoms with Crippen molar-refractivity contribution in [3.05, 3.63) is 47.0 Å². The zero-order chi connectivity index (χ0) is 17.6. The number of nitrogens with one attached hydrogen (secondary N) is 2. The summed E-state index contributed by atoms with van der Waals surface area (Å²) in [6.07, 6.45) is 8.84. The van der Waals surface area contributed by atoms with Gasteiger partial charge in [-0.1, -0.05) is 35.9 Å². The van der Waals surface area contributed by atoms with Gasteiger partial charge in [0.1, 0.15) is 0 Å². The molecular formula is C21H28N2O2. The molecule has 0 radical (unpaired) electrons. The van der Waals surface area contributed by atoms with Crippen LogP contribution in [0, 0.1) is 18.8 Å². The molecule has 0 saturated heterocycles. The Labute approximate surface area is 150 Å². The lowest BCUT2D eigenvalue weighted by molar-refractivity contribution is -0.127. The molecule has 2 aliphatic carbocycles. The summed E-state index contributed by atoms with van der Waals surface area (Å²) >= 11 is 0. The van der Waals surface area contributed by atoms with Crippen molar-refractivity contribution in [2.24, 2.45) is 11.8 Å². The maximum atomic E-state index is 12.2. The van der Waals surface area contributed by atoms with Gasteiger partial charge in [0.2, 0.25) is 11.8 Å². The highest BCUT2D eigenvalue weighted by atomic mass is 16.2. The summed E-state index contributed by atoms with van der Waals surface area (Å²) in [5.74, 6) is -0.263. The van der Waals surface area contributed by atoms with Crippen molar-refractivity contribution in [2.75, 3.05) is 6.54 Å². The number of hydrogen-bond acceptors (Lipinski definition) is 2. The van der Waals surface area contributed by atoms with Crippen molar-refractivity contribution < 1.29 is 9.59 Å². The van der Waals surface area contributed by atoms with Crippen molar-refractivity contribution in [1.29, 1.82) is 0 Å². The first kappa shape index (κ1) is 17.7. The van der Waals surface area contributed by atoms with E-state index < -0.39 is 0 Å². The van der Waals surface area contributed by atoms with Crippen LogP contribution in [-0.2, 0) is 16.1 Å². The van der Waals surface area contributed by atoms with Gasteiger partial charge in [0.25, 0.3) is 0 Å². The van der Waals surface area contributed by atoms with Crippen molar-refractivity contribution in [3.8, 4) is 0 Å². The Kier molecular flexibility index (Phi) is 5.90. The minimum atomic E-state index is -0.155. The van der Waals surface area contributed by atoms with Crippen LogP contribution in [0.1, 0.15) is 49.7 Å². The number of allylic oxidation sites excluding steroid dienone is 1. The Morgan fingerprint density at radius 1 is 1.08 bits per heavy atom. The van der Waals surface area contributed by atoms with Gasteiger partial charge in [0.05, 0.1) is 11.8 Å². The lowest BCUT2D eigenvalue weighted by Gasteiger charge is -2.13. The van der Waals surface area contributed by atoms with Gasteiger partial charge in [0.15, 0.2) is 0 Å². The van der Waals surface area contributed by atoms with E-state index in [9.17, 15) is 9.59 Å². The SMILES string of the molecule is Cc1ccccc1CNC(=O)C1CC1C(=O)NCCC1=CCCCC1. The van der Waals surface area contributed by atoms with Crippen LogP contribution in [0.3, 0.4) is 0 Å². The highest BCUT2D eigenvalue weighted by Gasteiger charge is 2.47. The van der Waals surface area contributed by atoms with E-state index in [4.69, 9.17) is 0 Å². The second kappa shape index (κ2) is 8.32. The first-order valence-corrected chi connectivity index (χ1v) is 9.43. The number of carbonyl (C=O) groups is 2. The van der Waals surface area contributed by atoms with Crippen molar-refractivity contribution in [2.45, 2.75) is 52.0 Å². The Bertz CT molecular complexity index is 666. The molecule has 0 bridgehead atoms. The van der Waals surface area contributed by atoms with Crippen LogP contribution in [-0.4, -0.2) is 18.4 Å². The Morgan fingerprint density at radius 2 is 1.84 bits per heavy atom. The second-order valence-corrected chi connectivity index (χ2v) is 7.24. The first-order valence-electron chi connectivity index (χ1n) is 9.43. The highest BCUT2D eigenvalue weighted by molar-refractivity contribution is 5.92. The van der Waals surface area contributed by atoms with E-state index in [1.807, 2.05) is 31.2 Å². The van der Waals surface area contributed by atoms with Crippen LogP contribution in [0.4, 0.5) is 0 Å². The first-order chi connectivity index (χ1) is 12.1. The van der Waals surface area contributed by atoms with E-state index in [1.54, 1.807) is 0 Å². The predicted molar refractivity (Wildman–Crippen MR) is 98.8 cm³/mol. The largest absolute Gasteiger partial charge is 0.356 e.